The summed E-state index contributed by atoms with van der Waals surface area (Å²) in [5.74, 6) is -0.165. The highest BCUT2D eigenvalue weighted by molar-refractivity contribution is 7.14. The Bertz CT molecular complexity index is 882. The van der Waals surface area contributed by atoms with Crippen LogP contribution in [0.25, 0.3) is 22.4 Å². The molecule has 0 saturated heterocycles. The van der Waals surface area contributed by atoms with Crippen molar-refractivity contribution < 1.29 is 19.0 Å². The summed E-state index contributed by atoms with van der Waals surface area (Å²) in [6.07, 6.45) is 4.82. The summed E-state index contributed by atoms with van der Waals surface area (Å²) >= 11 is 3.09. The quantitative estimate of drug-likeness (QED) is 0.334. The Morgan fingerprint density at radius 3 is 2.50 bits per heavy atom. The van der Waals surface area contributed by atoms with Crippen LogP contribution in [-0.2, 0) is 19.0 Å². The van der Waals surface area contributed by atoms with Crippen LogP contribution in [0.4, 0.5) is 0 Å². The lowest BCUT2D eigenvalue weighted by Gasteiger charge is -2.21. The van der Waals surface area contributed by atoms with Crippen LogP contribution in [-0.4, -0.2) is 43.4 Å². The highest BCUT2D eigenvalue weighted by atomic mass is 32.1. The van der Waals surface area contributed by atoms with Gasteiger partial charge in [-0.3, -0.25) is 0 Å². The number of aromatic nitrogens is 2. The van der Waals surface area contributed by atoms with Crippen molar-refractivity contribution in [3.8, 4) is 10.7 Å². The molecule has 28 heavy (non-hydrogen) atoms. The van der Waals surface area contributed by atoms with Crippen molar-refractivity contribution in [1.29, 1.82) is 0 Å². The van der Waals surface area contributed by atoms with Gasteiger partial charge < -0.3 is 14.2 Å². The van der Waals surface area contributed by atoms with E-state index in [1.54, 1.807) is 18.4 Å². The molecule has 0 saturated carbocycles. The number of ether oxygens (including phenoxy) is 3. The Balaban J connectivity index is 2.14. The molecule has 0 radical (unpaired) electrons. The summed E-state index contributed by atoms with van der Waals surface area (Å²) in [7, 11) is 4.45. The fraction of sp³-hybridized carbons (Fsp3) is 0.350. The summed E-state index contributed by atoms with van der Waals surface area (Å²) in [4.78, 5) is 20.7. The zero-order chi connectivity index (χ0) is 20.7. The van der Waals surface area contributed by atoms with Gasteiger partial charge in [0.1, 0.15) is 21.5 Å². The number of rotatable bonds is 9. The van der Waals surface area contributed by atoms with Crippen LogP contribution >= 0.6 is 22.7 Å². The van der Waals surface area contributed by atoms with Crippen molar-refractivity contribution in [2.75, 3.05) is 21.3 Å². The fourth-order valence-electron chi connectivity index (χ4n) is 2.40. The number of hydrogen-bond acceptors (Lipinski definition) is 8. The first kappa shape index (κ1) is 22.0. The first-order valence-corrected chi connectivity index (χ1v) is 10.3. The van der Waals surface area contributed by atoms with Gasteiger partial charge in [-0.1, -0.05) is 19.6 Å². The molecular weight excluding hydrogens is 396 g/mol. The van der Waals surface area contributed by atoms with Crippen LogP contribution in [0.15, 0.2) is 35.3 Å². The van der Waals surface area contributed by atoms with Crippen LogP contribution in [0.1, 0.15) is 24.5 Å². The molecular formula is C20H24N2O4S2. The molecule has 0 aliphatic heterocycles. The average molecular weight is 421 g/mol. The van der Waals surface area contributed by atoms with E-state index in [1.807, 2.05) is 36.8 Å². The van der Waals surface area contributed by atoms with Gasteiger partial charge in [-0.15, -0.1) is 22.7 Å². The van der Waals surface area contributed by atoms with Gasteiger partial charge in [0.25, 0.3) is 0 Å². The van der Waals surface area contributed by atoms with Crippen LogP contribution in [0.5, 0.6) is 0 Å². The van der Waals surface area contributed by atoms with E-state index < -0.39 is 5.97 Å². The number of allylic oxidation sites excluding steroid dienone is 1. The van der Waals surface area contributed by atoms with Crippen molar-refractivity contribution in [3.63, 3.8) is 0 Å². The predicted molar refractivity (Wildman–Crippen MR) is 114 cm³/mol. The van der Waals surface area contributed by atoms with Gasteiger partial charge in [-0.2, -0.15) is 0 Å². The summed E-state index contributed by atoms with van der Waals surface area (Å²) in [5, 5.41) is 5.72. The number of methoxy groups -OCH3 is 3. The van der Waals surface area contributed by atoms with Crippen LogP contribution in [0.2, 0.25) is 0 Å². The van der Waals surface area contributed by atoms with E-state index >= 15 is 0 Å². The van der Waals surface area contributed by atoms with Crippen molar-refractivity contribution in [1.82, 2.24) is 9.97 Å². The highest BCUT2D eigenvalue weighted by Crippen LogP contribution is 2.28. The highest BCUT2D eigenvalue weighted by Gasteiger charge is 2.20. The minimum absolute atomic E-state index is 0.180. The minimum Gasteiger partial charge on any atom is -0.500 e. The lowest BCUT2D eigenvalue weighted by Crippen LogP contribution is -2.21. The number of nitrogens with zero attached hydrogens (tertiary/aromatic N) is 2. The Hall–Kier alpha value is -2.29. The predicted octanol–water partition coefficient (Wildman–Crippen LogP) is 4.67. The largest absolute Gasteiger partial charge is 0.500 e. The van der Waals surface area contributed by atoms with E-state index in [0.717, 1.165) is 27.0 Å². The van der Waals surface area contributed by atoms with E-state index in [0.29, 0.717) is 5.76 Å². The van der Waals surface area contributed by atoms with Crippen molar-refractivity contribution in [3.05, 3.63) is 46.0 Å². The summed E-state index contributed by atoms with van der Waals surface area (Å²) in [5.41, 5.74) is 2.61. The van der Waals surface area contributed by atoms with E-state index in [4.69, 9.17) is 9.47 Å². The molecule has 2 aromatic heterocycles. The van der Waals surface area contributed by atoms with Crippen molar-refractivity contribution >= 4 is 40.3 Å². The molecule has 2 atom stereocenters. The smallest absolute Gasteiger partial charge is 0.333 e. The molecule has 150 valence electrons. The van der Waals surface area contributed by atoms with Crippen molar-refractivity contribution in [2.45, 2.75) is 20.0 Å². The molecule has 2 aromatic rings. The lowest BCUT2D eigenvalue weighted by molar-refractivity contribution is -0.135. The maximum atomic E-state index is 11.5. The van der Waals surface area contributed by atoms with Gasteiger partial charge in [0, 0.05) is 23.8 Å². The minimum atomic E-state index is -0.468. The van der Waals surface area contributed by atoms with Crippen molar-refractivity contribution in [2.24, 2.45) is 5.92 Å². The molecule has 0 aromatic carbocycles. The topological polar surface area (TPSA) is 70.5 Å². The molecule has 2 unspecified atom stereocenters. The maximum absolute atomic E-state index is 11.5. The number of carbonyl (C=O) groups is 1. The average Bonchev–Trinajstić information content (AvgIpc) is 3.35. The SMILES string of the molecule is C=C(C)c1nc(-c2nc(/C=C/C(OC)C(C)/C(=C\C(=O)OC)OC)cs2)cs1. The zero-order valence-electron chi connectivity index (χ0n) is 16.6. The third-order valence-electron chi connectivity index (χ3n) is 3.98. The standard InChI is InChI=1S/C20H24N2O4S2/c1-12(2)19-22-15(11-28-19)20-21-14(10-27-20)7-8-16(24-4)13(3)17(25-5)9-18(23)26-6/h7-11,13,16H,1H2,2-6H3/b8-7+,17-9+. The fourth-order valence-corrected chi connectivity index (χ4v) is 3.97. The Morgan fingerprint density at radius 2 is 1.93 bits per heavy atom. The van der Waals surface area contributed by atoms with E-state index in [-0.39, 0.29) is 12.0 Å². The second kappa shape index (κ2) is 10.3. The van der Waals surface area contributed by atoms with E-state index in [2.05, 4.69) is 21.3 Å². The third-order valence-corrected chi connectivity index (χ3v) is 5.86. The summed E-state index contributed by atoms with van der Waals surface area (Å²) in [6.45, 7) is 7.77. The van der Waals surface area contributed by atoms with Gasteiger partial charge in [-0.05, 0) is 18.6 Å². The molecule has 0 fully saturated rings. The molecule has 0 aliphatic rings. The normalized spacial score (nSPS) is 14.1. The first-order chi connectivity index (χ1) is 13.4. The Morgan fingerprint density at radius 1 is 1.18 bits per heavy atom. The molecule has 0 bridgehead atoms. The molecule has 8 heteroatoms. The molecule has 0 spiro atoms. The van der Waals surface area contributed by atoms with Gasteiger partial charge in [0.05, 0.1) is 32.1 Å². The molecule has 6 nitrogen and oxygen atoms in total. The molecule has 2 heterocycles. The van der Waals surface area contributed by atoms with Gasteiger partial charge in [0.15, 0.2) is 0 Å². The zero-order valence-corrected chi connectivity index (χ0v) is 18.2. The maximum Gasteiger partial charge on any atom is 0.333 e. The molecule has 0 amide bonds. The number of thiazole rings is 2. The van der Waals surface area contributed by atoms with Crippen LogP contribution in [0, 0.1) is 5.92 Å². The Labute approximate surface area is 173 Å². The number of carbonyl (C=O) groups excluding carboxylic acids is 1. The third kappa shape index (κ3) is 5.60. The first-order valence-electron chi connectivity index (χ1n) is 8.51. The summed E-state index contributed by atoms with van der Waals surface area (Å²) in [6, 6.07) is 0. The van der Waals surface area contributed by atoms with E-state index in [9.17, 15) is 4.79 Å². The monoisotopic (exact) mass is 420 g/mol. The van der Waals surface area contributed by atoms with Gasteiger partial charge in [-0.25, -0.2) is 14.8 Å². The second-order valence-electron chi connectivity index (χ2n) is 6.02. The van der Waals surface area contributed by atoms with E-state index in [1.165, 1.54) is 31.6 Å². The Kier molecular flexibility index (Phi) is 8.10. The number of hydrogen-bond donors (Lipinski definition) is 0. The number of esters is 1. The van der Waals surface area contributed by atoms with Crippen LogP contribution < -0.4 is 0 Å². The van der Waals surface area contributed by atoms with Gasteiger partial charge in [0.2, 0.25) is 0 Å². The molecule has 2 rings (SSSR count). The second-order valence-corrected chi connectivity index (χ2v) is 7.73. The summed E-state index contributed by atoms with van der Waals surface area (Å²) < 4.78 is 15.5. The lowest BCUT2D eigenvalue weighted by atomic mass is 10.0. The van der Waals surface area contributed by atoms with Crippen LogP contribution in [0.3, 0.4) is 0 Å². The molecule has 0 aliphatic carbocycles. The van der Waals surface area contributed by atoms with Gasteiger partial charge >= 0.3 is 5.97 Å². The molecule has 0 N–H and O–H groups in total.